The molecule has 2 heterocycles. The highest BCUT2D eigenvalue weighted by atomic mass is 15.1. The third-order valence-electron chi connectivity index (χ3n) is 5.76. The molecule has 0 spiro atoms. The number of nitrogens with one attached hydrogen (secondary N) is 1. The lowest BCUT2D eigenvalue weighted by Gasteiger charge is -2.36. The van der Waals surface area contributed by atoms with Crippen LogP contribution in [0.25, 0.3) is 0 Å². The summed E-state index contributed by atoms with van der Waals surface area (Å²) in [5, 5.41) is 3.56. The van der Waals surface area contributed by atoms with E-state index in [0.717, 1.165) is 37.2 Å². The second-order valence-electron chi connectivity index (χ2n) is 7.71. The van der Waals surface area contributed by atoms with Crippen LogP contribution in [0.15, 0.2) is 48.7 Å². The van der Waals surface area contributed by atoms with Crippen LogP contribution in [0.4, 0.5) is 0 Å². The van der Waals surface area contributed by atoms with Gasteiger partial charge in [-0.05, 0) is 80.4 Å². The highest BCUT2D eigenvalue weighted by Gasteiger charge is 2.29. The van der Waals surface area contributed by atoms with E-state index in [4.69, 9.17) is 0 Å². The number of hydrogen-bond acceptors (Lipinski definition) is 3. The van der Waals surface area contributed by atoms with Crippen molar-refractivity contribution in [2.45, 2.75) is 44.7 Å². The molecule has 1 aromatic carbocycles. The molecule has 0 atom stereocenters. The van der Waals surface area contributed by atoms with Gasteiger partial charge in [0.2, 0.25) is 0 Å². The molecule has 1 N–H and O–H groups in total. The van der Waals surface area contributed by atoms with E-state index in [-0.39, 0.29) is 0 Å². The van der Waals surface area contributed by atoms with Gasteiger partial charge in [0, 0.05) is 19.3 Å². The number of benzene rings is 1. The molecule has 0 amide bonds. The number of pyridine rings is 1. The number of hydrogen-bond donors (Lipinski definition) is 1. The minimum absolute atomic E-state index is 0.766. The lowest BCUT2D eigenvalue weighted by Crippen LogP contribution is -2.32. The molecule has 1 saturated heterocycles. The van der Waals surface area contributed by atoms with Gasteiger partial charge < -0.3 is 5.32 Å². The molecule has 2 aromatic rings. The van der Waals surface area contributed by atoms with Crippen molar-refractivity contribution in [2.75, 3.05) is 19.6 Å². The van der Waals surface area contributed by atoms with E-state index in [0.29, 0.717) is 0 Å². The monoisotopic (exact) mass is 335 g/mol. The summed E-state index contributed by atoms with van der Waals surface area (Å²) in [6, 6.07) is 15.5. The van der Waals surface area contributed by atoms with E-state index in [1.54, 1.807) is 0 Å². The van der Waals surface area contributed by atoms with Gasteiger partial charge in [-0.15, -0.1) is 0 Å². The Labute approximate surface area is 151 Å². The summed E-state index contributed by atoms with van der Waals surface area (Å²) >= 11 is 0. The highest BCUT2D eigenvalue weighted by Crippen LogP contribution is 2.41. The largest absolute Gasteiger partial charge is 0.311 e. The van der Waals surface area contributed by atoms with E-state index >= 15 is 0 Å². The van der Waals surface area contributed by atoms with Crippen LogP contribution in [-0.4, -0.2) is 29.5 Å². The molecule has 2 aliphatic rings. The minimum atomic E-state index is 0.766. The lowest BCUT2D eigenvalue weighted by atomic mass is 9.71. The average molecular weight is 335 g/mol. The van der Waals surface area contributed by atoms with Gasteiger partial charge in [-0.3, -0.25) is 9.88 Å². The SMILES string of the molecule is c1ccc(CNCC2CC(c3ccc(CN4CCCC4)cc3)C2)nc1. The van der Waals surface area contributed by atoms with E-state index in [2.05, 4.69) is 51.6 Å². The summed E-state index contributed by atoms with van der Waals surface area (Å²) in [5.74, 6) is 1.58. The van der Waals surface area contributed by atoms with Gasteiger partial charge in [0.25, 0.3) is 0 Å². The molecule has 4 rings (SSSR count). The smallest absolute Gasteiger partial charge is 0.0541 e. The second kappa shape index (κ2) is 8.11. The highest BCUT2D eigenvalue weighted by molar-refractivity contribution is 5.27. The summed E-state index contributed by atoms with van der Waals surface area (Å²) in [6.07, 6.45) is 7.25. The topological polar surface area (TPSA) is 28.2 Å². The zero-order valence-electron chi connectivity index (χ0n) is 15.0. The molecular formula is C22H29N3. The Morgan fingerprint density at radius 3 is 2.52 bits per heavy atom. The van der Waals surface area contributed by atoms with Crippen molar-refractivity contribution in [3.05, 3.63) is 65.5 Å². The Balaban J connectivity index is 1.18. The van der Waals surface area contributed by atoms with Gasteiger partial charge in [0.05, 0.1) is 5.69 Å². The lowest BCUT2D eigenvalue weighted by molar-refractivity contribution is 0.253. The van der Waals surface area contributed by atoms with Gasteiger partial charge in [-0.25, -0.2) is 0 Å². The zero-order valence-corrected chi connectivity index (χ0v) is 15.0. The fourth-order valence-corrected chi connectivity index (χ4v) is 4.18. The van der Waals surface area contributed by atoms with Crippen LogP contribution in [0, 0.1) is 5.92 Å². The molecule has 25 heavy (non-hydrogen) atoms. The molecule has 2 fully saturated rings. The van der Waals surface area contributed by atoms with E-state index in [9.17, 15) is 0 Å². The Morgan fingerprint density at radius 2 is 1.80 bits per heavy atom. The van der Waals surface area contributed by atoms with Crippen molar-refractivity contribution in [3.63, 3.8) is 0 Å². The first-order chi connectivity index (χ1) is 12.4. The number of rotatable bonds is 7. The molecule has 3 heteroatoms. The normalized spacial score (nSPS) is 23.5. The standard InChI is InChI=1S/C22H29N3/c1-2-10-24-22(5-1)16-23-15-19-13-21(14-19)20-8-6-18(7-9-20)17-25-11-3-4-12-25/h1-2,5-10,19,21,23H,3-4,11-17H2. The fraction of sp³-hybridized carbons (Fsp3) is 0.500. The Hall–Kier alpha value is -1.71. The van der Waals surface area contributed by atoms with E-state index in [1.165, 1.54) is 49.9 Å². The summed E-state index contributed by atoms with van der Waals surface area (Å²) in [5.41, 5.74) is 4.14. The minimum Gasteiger partial charge on any atom is -0.311 e. The summed E-state index contributed by atoms with van der Waals surface area (Å²) in [6.45, 7) is 5.67. The van der Waals surface area contributed by atoms with Crippen LogP contribution in [0.1, 0.15) is 48.4 Å². The molecule has 1 aliphatic heterocycles. The molecule has 0 radical (unpaired) electrons. The first-order valence-electron chi connectivity index (χ1n) is 9.78. The summed E-state index contributed by atoms with van der Waals surface area (Å²) in [4.78, 5) is 6.93. The van der Waals surface area contributed by atoms with Crippen molar-refractivity contribution in [1.82, 2.24) is 15.2 Å². The predicted octanol–water partition coefficient (Wildman–Crippen LogP) is 3.96. The van der Waals surface area contributed by atoms with Crippen LogP contribution in [0.5, 0.6) is 0 Å². The summed E-state index contributed by atoms with van der Waals surface area (Å²) in [7, 11) is 0. The van der Waals surface area contributed by atoms with Crippen molar-refractivity contribution in [3.8, 4) is 0 Å². The van der Waals surface area contributed by atoms with Crippen LogP contribution >= 0.6 is 0 Å². The molecule has 1 saturated carbocycles. The molecule has 1 aromatic heterocycles. The maximum Gasteiger partial charge on any atom is 0.0541 e. The predicted molar refractivity (Wildman–Crippen MR) is 102 cm³/mol. The Morgan fingerprint density at radius 1 is 1.00 bits per heavy atom. The van der Waals surface area contributed by atoms with Crippen molar-refractivity contribution in [1.29, 1.82) is 0 Å². The zero-order chi connectivity index (χ0) is 16.9. The van der Waals surface area contributed by atoms with Gasteiger partial charge in [0.15, 0.2) is 0 Å². The van der Waals surface area contributed by atoms with Crippen molar-refractivity contribution in [2.24, 2.45) is 5.92 Å². The molecule has 0 bridgehead atoms. The molecule has 3 nitrogen and oxygen atoms in total. The maximum atomic E-state index is 4.36. The Bertz CT molecular complexity index is 641. The first-order valence-corrected chi connectivity index (χ1v) is 9.78. The summed E-state index contributed by atoms with van der Waals surface area (Å²) < 4.78 is 0. The molecule has 0 unspecified atom stereocenters. The molecular weight excluding hydrogens is 306 g/mol. The average Bonchev–Trinajstić information content (AvgIpc) is 3.12. The van der Waals surface area contributed by atoms with Crippen LogP contribution in [0.2, 0.25) is 0 Å². The molecule has 1 aliphatic carbocycles. The quantitative estimate of drug-likeness (QED) is 0.830. The second-order valence-corrected chi connectivity index (χ2v) is 7.71. The van der Waals surface area contributed by atoms with Gasteiger partial charge in [0.1, 0.15) is 0 Å². The first kappa shape index (κ1) is 16.7. The van der Waals surface area contributed by atoms with Gasteiger partial charge in [-0.1, -0.05) is 30.3 Å². The van der Waals surface area contributed by atoms with Crippen LogP contribution < -0.4 is 5.32 Å². The van der Waals surface area contributed by atoms with Crippen molar-refractivity contribution < 1.29 is 0 Å². The fourth-order valence-electron chi connectivity index (χ4n) is 4.18. The van der Waals surface area contributed by atoms with Gasteiger partial charge >= 0.3 is 0 Å². The van der Waals surface area contributed by atoms with E-state index < -0.39 is 0 Å². The Kier molecular flexibility index (Phi) is 5.43. The van der Waals surface area contributed by atoms with Crippen LogP contribution in [0.3, 0.4) is 0 Å². The van der Waals surface area contributed by atoms with E-state index in [1.807, 2.05) is 12.3 Å². The number of likely N-dealkylation sites (tertiary alicyclic amines) is 1. The molecule has 132 valence electrons. The van der Waals surface area contributed by atoms with Gasteiger partial charge in [-0.2, -0.15) is 0 Å². The maximum absolute atomic E-state index is 4.36. The van der Waals surface area contributed by atoms with Crippen LogP contribution in [-0.2, 0) is 13.1 Å². The third kappa shape index (κ3) is 4.47. The third-order valence-corrected chi connectivity index (χ3v) is 5.76. The number of nitrogens with zero attached hydrogens (tertiary/aromatic N) is 2. The van der Waals surface area contributed by atoms with Crippen molar-refractivity contribution >= 4 is 0 Å². The number of aromatic nitrogens is 1.